The molecule has 2 aromatic rings. The predicted octanol–water partition coefficient (Wildman–Crippen LogP) is 3.98. The lowest BCUT2D eigenvalue weighted by molar-refractivity contribution is -0.135. The van der Waals surface area contributed by atoms with Crippen molar-refractivity contribution in [2.75, 3.05) is 33.3 Å². The molecular formula is C29H39N3O4. The molecule has 2 aliphatic heterocycles. The van der Waals surface area contributed by atoms with E-state index >= 15 is 0 Å². The molecule has 0 radical (unpaired) electrons. The third-order valence-electron chi connectivity index (χ3n) is 6.74. The minimum Gasteiger partial charge on any atom is -0.491 e. The maximum atomic E-state index is 13.9. The summed E-state index contributed by atoms with van der Waals surface area (Å²) in [4.78, 5) is 30.5. The first kappa shape index (κ1) is 26.0. The summed E-state index contributed by atoms with van der Waals surface area (Å²) in [5.74, 6) is 1.47. The van der Waals surface area contributed by atoms with Gasteiger partial charge >= 0.3 is 0 Å². The summed E-state index contributed by atoms with van der Waals surface area (Å²) in [5, 5.41) is 3.52. The van der Waals surface area contributed by atoms with Crippen LogP contribution in [-0.4, -0.2) is 73.1 Å². The van der Waals surface area contributed by atoms with E-state index in [9.17, 15) is 9.59 Å². The summed E-state index contributed by atoms with van der Waals surface area (Å²) in [6, 6.07) is 16.6. The number of carbonyl (C=O) groups excluding carboxylic acids is 2. The fraction of sp³-hybridized carbons (Fsp3) is 0.517. The lowest BCUT2D eigenvalue weighted by Gasteiger charge is -2.31. The Morgan fingerprint density at radius 1 is 1.08 bits per heavy atom. The number of para-hydroxylation sites is 1. The zero-order valence-electron chi connectivity index (χ0n) is 21.9. The molecule has 7 heteroatoms. The Morgan fingerprint density at radius 2 is 1.86 bits per heavy atom. The fourth-order valence-corrected chi connectivity index (χ4v) is 4.79. The number of ether oxygens (including phenoxy) is 2. The van der Waals surface area contributed by atoms with Crippen LogP contribution >= 0.6 is 0 Å². The smallest absolute Gasteiger partial charge is 0.253 e. The number of hydrogen-bond donors (Lipinski definition) is 1. The fourth-order valence-electron chi connectivity index (χ4n) is 4.79. The quantitative estimate of drug-likeness (QED) is 0.698. The van der Waals surface area contributed by atoms with Crippen molar-refractivity contribution in [2.24, 2.45) is 5.41 Å². The Morgan fingerprint density at radius 3 is 2.61 bits per heavy atom. The zero-order valence-corrected chi connectivity index (χ0v) is 21.9. The molecule has 0 aliphatic carbocycles. The summed E-state index contributed by atoms with van der Waals surface area (Å²) in [6.45, 7) is 8.64. The minimum absolute atomic E-state index is 0.0399. The van der Waals surface area contributed by atoms with Gasteiger partial charge in [0.25, 0.3) is 5.91 Å². The SMILES string of the molecule is CN1CCC[C@H](NCC(C)(C)C)C(=O)N2C[C@@H](Oc3ccccc3)C[C@H]2COc2cccc(c2)C1=O. The largest absolute Gasteiger partial charge is 0.491 e. The second kappa shape index (κ2) is 11.3. The number of amides is 2. The second-order valence-corrected chi connectivity index (χ2v) is 11.1. The summed E-state index contributed by atoms with van der Waals surface area (Å²) < 4.78 is 12.4. The van der Waals surface area contributed by atoms with Gasteiger partial charge in [0.05, 0.1) is 18.6 Å². The van der Waals surface area contributed by atoms with Gasteiger partial charge in [-0.1, -0.05) is 45.0 Å². The Labute approximate surface area is 214 Å². The Balaban J connectivity index is 1.58. The molecule has 2 heterocycles. The molecule has 1 saturated heterocycles. The number of fused-ring (bicyclic) bond motifs is 3. The van der Waals surface area contributed by atoms with Crippen LogP contribution in [0.1, 0.15) is 50.4 Å². The first-order valence-corrected chi connectivity index (χ1v) is 12.9. The standard InChI is InChI=1S/C29H39N3O4/c1-29(2,3)20-30-26-14-9-15-31(4)27(33)21-10-8-13-24(16-21)35-19-22-17-25(18-32(22)28(26)34)36-23-11-6-5-7-12-23/h5-8,10-13,16,22,25-26,30H,9,14-15,17-20H2,1-4H3/t22-,25-,26-/m0/s1. The number of hydrogen-bond acceptors (Lipinski definition) is 5. The maximum Gasteiger partial charge on any atom is 0.253 e. The molecule has 7 nitrogen and oxygen atoms in total. The first-order valence-electron chi connectivity index (χ1n) is 12.9. The van der Waals surface area contributed by atoms with Crippen molar-refractivity contribution in [1.82, 2.24) is 15.1 Å². The van der Waals surface area contributed by atoms with E-state index in [1.807, 2.05) is 60.5 Å². The predicted molar refractivity (Wildman–Crippen MR) is 140 cm³/mol. The molecule has 2 bridgehead atoms. The van der Waals surface area contributed by atoms with Gasteiger partial charge < -0.3 is 24.6 Å². The molecule has 0 saturated carbocycles. The van der Waals surface area contributed by atoms with Crippen molar-refractivity contribution >= 4 is 11.8 Å². The minimum atomic E-state index is -0.327. The van der Waals surface area contributed by atoms with Gasteiger partial charge in [-0.2, -0.15) is 0 Å². The molecule has 3 atom stereocenters. The summed E-state index contributed by atoms with van der Waals surface area (Å²) in [6.07, 6.45) is 1.96. The van der Waals surface area contributed by atoms with Crippen molar-refractivity contribution in [3.05, 3.63) is 60.2 Å². The van der Waals surface area contributed by atoms with Crippen LogP contribution in [0.15, 0.2) is 54.6 Å². The summed E-state index contributed by atoms with van der Waals surface area (Å²) >= 11 is 0. The lowest BCUT2D eigenvalue weighted by Crippen LogP contribution is -2.51. The van der Waals surface area contributed by atoms with Crippen molar-refractivity contribution in [3.63, 3.8) is 0 Å². The summed E-state index contributed by atoms with van der Waals surface area (Å²) in [5.41, 5.74) is 0.653. The highest BCUT2D eigenvalue weighted by Gasteiger charge is 2.39. The number of benzene rings is 2. The number of rotatable bonds is 4. The van der Waals surface area contributed by atoms with Crippen LogP contribution in [0.2, 0.25) is 0 Å². The molecule has 0 spiro atoms. The second-order valence-electron chi connectivity index (χ2n) is 11.1. The molecular weight excluding hydrogens is 454 g/mol. The van der Waals surface area contributed by atoms with Gasteiger partial charge in [0.15, 0.2) is 0 Å². The molecule has 2 amide bonds. The van der Waals surface area contributed by atoms with Gasteiger partial charge in [-0.3, -0.25) is 9.59 Å². The van der Waals surface area contributed by atoms with Crippen LogP contribution in [-0.2, 0) is 4.79 Å². The van der Waals surface area contributed by atoms with Crippen LogP contribution in [0.4, 0.5) is 0 Å². The third-order valence-corrected chi connectivity index (χ3v) is 6.74. The van der Waals surface area contributed by atoms with Crippen LogP contribution in [0.5, 0.6) is 11.5 Å². The highest BCUT2D eigenvalue weighted by Crippen LogP contribution is 2.26. The number of nitrogens with one attached hydrogen (secondary N) is 1. The van der Waals surface area contributed by atoms with Gasteiger partial charge in [0.2, 0.25) is 5.91 Å². The van der Waals surface area contributed by atoms with E-state index in [4.69, 9.17) is 9.47 Å². The average molecular weight is 494 g/mol. The number of nitrogens with zero attached hydrogens (tertiary/aromatic N) is 2. The van der Waals surface area contributed by atoms with Crippen molar-refractivity contribution < 1.29 is 19.1 Å². The Hall–Kier alpha value is -3.06. The van der Waals surface area contributed by atoms with Crippen LogP contribution < -0.4 is 14.8 Å². The van der Waals surface area contributed by atoms with Crippen molar-refractivity contribution in [2.45, 2.75) is 58.2 Å². The van der Waals surface area contributed by atoms with Crippen molar-refractivity contribution in [1.29, 1.82) is 0 Å². The number of carbonyl (C=O) groups is 2. The van der Waals surface area contributed by atoms with E-state index in [1.165, 1.54) is 0 Å². The van der Waals surface area contributed by atoms with E-state index in [0.717, 1.165) is 18.7 Å². The van der Waals surface area contributed by atoms with Crippen LogP contribution in [0.3, 0.4) is 0 Å². The molecule has 1 N–H and O–H groups in total. The van der Waals surface area contributed by atoms with Crippen LogP contribution in [0.25, 0.3) is 0 Å². The lowest BCUT2D eigenvalue weighted by atomic mass is 9.96. The van der Waals surface area contributed by atoms with Gasteiger partial charge in [0.1, 0.15) is 24.2 Å². The topological polar surface area (TPSA) is 71.1 Å². The molecule has 194 valence electrons. The summed E-state index contributed by atoms with van der Waals surface area (Å²) in [7, 11) is 1.81. The van der Waals surface area contributed by atoms with Gasteiger partial charge in [0, 0.05) is 32.1 Å². The Kier molecular flexibility index (Phi) is 8.19. The van der Waals surface area contributed by atoms with E-state index < -0.39 is 0 Å². The molecule has 1 fully saturated rings. The highest BCUT2D eigenvalue weighted by atomic mass is 16.5. The molecule has 2 aliphatic rings. The maximum absolute atomic E-state index is 13.9. The van der Waals surface area contributed by atoms with Gasteiger partial charge in [-0.15, -0.1) is 0 Å². The molecule has 36 heavy (non-hydrogen) atoms. The van der Waals surface area contributed by atoms with Crippen molar-refractivity contribution in [3.8, 4) is 11.5 Å². The van der Waals surface area contributed by atoms with Crippen LogP contribution in [0, 0.1) is 5.41 Å². The monoisotopic (exact) mass is 493 g/mol. The van der Waals surface area contributed by atoms with E-state index in [-0.39, 0.29) is 35.4 Å². The van der Waals surface area contributed by atoms with Gasteiger partial charge in [-0.05, 0) is 48.6 Å². The zero-order chi connectivity index (χ0) is 25.7. The third kappa shape index (κ3) is 6.78. The molecule has 4 rings (SSSR count). The average Bonchev–Trinajstić information content (AvgIpc) is 3.26. The van der Waals surface area contributed by atoms with E-state index in [2.05, 4.69) is 26.1 Å². The Bertz CT molecular complexity index is 1040. The molecule has 2 aromatic carbocycles. The first-order chi connectivity index (χ1) is 17.2. The molecule has 0 unspecified atom stereocenters. The molecule has 0 aromatic heterocycles. The van der Waals surface area contributed by atoms with E-state index in [1.54, 1.807) is 11.0 Å². The van der Waals surface area contributed by atoms with Gasteiger partial charge in [-0.25, -0.2) is 0 Å². The normalized spacial score (nSPS) is 23.6. The highest BCUT2D eigenvalue weighted by molar-refractivity contribution is 5.94. The van der Waals surface area contributed by atoms with E-state index in [0.29, 0.717) is 43.9 Å².